The van der Waals surface area contributed by atoms with Crippen LogP contribution in [-0.2, 0) is 14.3 Å². The van der Waals surface area contributed by atoms with E-state index in [0.717, 1.165) is 0 Å². The van der Waals surface area contributed by atoms with Gasteiger partial charge < -0.3 is 9.84 Å². The number of hydrogen-bond donors (Lipinski definition) is 1. The zero-order valence-corrected chi connectivity index (χ0v) is 9.11. The molecule has 4 nitrogen and oxygen atoms in total. The van der Waals surface area contributed by atoms with Crippen molar-refractivity contribution in [1.82, 2.24) is 0 Å². The number of ether oxygens (including phenoxy) is 1. The van der Waals surface area contributed by atoms with Crippen LogP contribution in [-0.4, -0.2) is 23.1 Å². The smallest absolute Gasteiger partial charge is 0.310 e. The van der Waals surface area contributed by atoms with Gasteiger partial charge in [-0.25, -0.2) is 0 Å². The molecule has 4 heteroatoms. The Morgan fingerprint density at radius 3 is 2.07 bits per heavy atom. The first-order valence-electron chi connectivity index (χ1n) is 4.83. The van der Waals surface area contributed by atoms with Crippen molar-refractivity contribution in [1.29, 1.82) is 0 Å². The molecule has 0 amide bonds. The Labute approximate surface area is 84.3 Å². The van der Waals surface area contributed by atoms with Gasteiger partial charge in [0.1, 0.15) is 0 Å². The maximum atomic E-state index is 11.4. The van der Waals surface area contributed by atoms with Gasteiger partial charge in [-0.1, -0.05) is 13.8 Å². The Morgan fingerprint density at radius 2 is 1.79 bits per heavy atom. The first-order valence-corrected chi connectivity index (χ1v) is 4.83. The summed E-state index contributed by atoms with van der Waals surface area (Å²) in [6.45, 7) is 6.80. The highest BCUT2D eigenvalue weighted by Gasteiger charge is 2.30. The molecule has 14 heavy (non-hydrogen) atoms. The van der Waals surface area contributed by atoms with Gasteiger partial charge in [-0.15, -0.1) is 0 Å². The second-order valence-electron chi connectivity index (χ2n) is 3.63. The second kappa shape index (κ2) is 5.62. The number of carboxylic acid groups (broad SMARTS) is 1. The summed E-state index contributed by atoms with van der Waals surface area (Å²) in [6.07, 6.45) is 0.288. The molecule has 0 bridgehead atoms. The number of carbonyl (C=O) groups is 2. The maximum absolute atomic E-state index is 11.4. The largest absolute Gasteiger partial charge is 0.481 e. The molecule has 0 aromatic carbocycles. The molecule has 0 aliphatic carbocycles. The van der Waals surface area contributed by atoms with E-state index in [1.165, 1.54) is 6.92 Å². The zero-order valence-electron chi connectivity index (χ0n) is 9.11. The molecule has 0 heterocycles. The van der Waals surface area contributed by atoms with Crippen molar-refractivity contribution in [2.24, 2.45) is 11.8 Å². The van der Waals surface area contributed by atoms with E-state index in [-0.39, 0.29) is 6.10 Å². The number of rotatable bonds is 5. The third kappa shape index (κ3) is 3.77. The Hall–Kier alpha value is -1.06. The molecule has 82 valence electrons. The maximum Gasteiger partial charge on any atom is 0.310 e. The van der Waals surface area contributed by atoms with Crippen molar-refractivity contribution in [2.45, 2.75) is 40.2 Å². The topological polar surface area (TPSA) is 63.6 Å². The van der Waals surface area contributed by atoms with Crippen LogP contribution in [0.2, 0.25) is 0 Å². The van der Waals surface area contributed by atoms with Gasteiger partial charge in [0.15, 0.2) is 0 Å². The highest BCUT2D eigenvalue weighted by molar-refractivity contribution is 5.80. The number of hydrogen-bond acceptors (Lipinski definition) is 3. The number of esters is 1. The van der Waals surface area contributed by atoms with Crippen molar-refractivity contribution in [2.75, 3.05) is 0 Å². The molecule has 0 saturated heterocycles. The summed E-state index contributed by atoms with van der Waals surface area (Å²) in [5.74, 6) is -2.61. The number of carbonyl (C=O) groups excluding carboxylic acids is 1. The normalized spacial score (nSPS) is 14.9. The SMILES string of the molecule is CCC(C(=O)OC(C)C)C(C)C(=O)O. The van der Waals surface area contributed by atoms with Crippen LogP contribution in [0.3, 0.4) is 0 Å². The minimum atomic E-state index is -0.961. The molecule has 0 aliphatic rings. The molecule has 0 aliphatic heterocycles. The predicted octanol–water partition coefficient (Wildman–Crippen LogP) is 1.68. The van der Waals surface area contributed by atoms with Gasteiger partial charge in [-0.05, 0) is 20.3 Å². The molecule has 0 rings (SSSR count). The molecule has 2 atom stereocenters. The Morgan fingerprint density at radius 1 is 1.29 bits per heavy atom. The summed E-state index contributed by atoms with van der Waals surface area (Å²) < 4.78 is 4.97. The standard InChI is InChI=1S/C10H18O4/c1-5-8(7(4)9(11)12)10(13)14-6(2)3/h6-8H,5H2,1-4H3,(H,11,12). The van der Waals surface area contributed by atoms with Crippen molar-refractivity contribution in [3.8, 4) is 0 Å². The van der Waals surface area contributed by atoms with Crippen LogP contribution >= 0.6 is 0 Å². The zero-order chi connectivity index (χ0) is 11.3. The summed E-state index contributed by atoms with van der Waals surface area (Å²) in [7, 11) is 0. The number of carboxylic acids is 1. The third-order valence-corrected chi connectivity index (χ3v) is 2.09. The van der Waals surface area contributed by atoms with Crippen LogP contribution < -0.4 is 0 Å². The molecule has 2 unspecified atom stereocenters. The van der Waals surface area contributed by atoms with Crippen LogP contribution in [0.25, 0.3) is 0 Å². The Balaban J connectivity index is 4.40. The van der Waals surface area contributed by atoms with Crippen LogP contribution in [0, 0.1) is 11.8 Å². The van der Waals surface area contributed by atoms with E-state index in [0.29, 0.717) is 6.42 Å². The van der Waals surface area contributed by atoms with Crippen molar-refractivity contribution < 1.29 is 19.4 Å². The minimum Gasteiger partial charge on any atom is -0.481 e. The average molecular weight is 202 g/mol. The van der Waals surface area contributed by atoms with Gasteiger partial charge in [0.2, 0.25) is 0 Å². The lowest BCUT2D eigenvalue weighted by Crippen LogP contribution is -2.30. The first-order chi connectivity index (χ1) is 6.40. The van der Waals surface area contributed by atoms with E-state index in [1.54, 1.807) is 20.8 Å². The highest BCUT2D eigenvalue weighted by Crippen LogP contribution is 2.18. The van der Waals surface area contributed by atoms with E-state index in [1.807, 2.05) is 0 Å². The van der Waals surface area contributed by atoms with Gasteiger partial charge in [-0.2, -0.15) is 0 Å². The van der Waals surface area contributed by atoms with Crippen molar-refractivity contribution in [3.05, 3.63) is 0 Å². The molecule has 0 aromatic heterocycles. The molecule has 0 spiro atoms. The number of aliphatic carboxylic acids is 1. The van der Waals surface area contributed by atoms with Gasteiger partial charge >= 0.3 is 11.9 Å². The Kier molecular flexibility index (Phi) is 5.20. The summed E-state index contributed by atoms with van der Waals surface area (Å²) >= 11 is 0. The molecule has 0 saturated carbocycles. The summed E-state index contributed by atoms with van der Waals surface area (Å²) in [6, 6.07) is 0. The lowest BCUT2D eigenvalue weighted by Gasteiger charge is -2.19. The van der Waals surface area contributed by atoms with Gasteiger partial charge in [0, 0.05) is 0 Å². The van der Waals surface area contributed by atoms with E-state index < -0.39 is 23.8 Å². The van der Waals surface area contributed by atoms with Crippen LogP contribution in [0.1, 0.15) is 34.1 Å². The monoisotopic (exact) mass is 202 g/mol. The molecule has 0 fully saturated rings. The predicted molar refractivity (Wildman–Crippen MR) is 51.8 cm³/mol. The van der Waals surface area contributed by atoms with Crippen LogP contribution in [0.15, 0.2) is 0 Å². The minimum absolute atomic E-state index is 0.197. The molecule has 1 N–H and O–H groups in total. The summed E-state index contributed by atoms with van der Waals surface area (Å²) in [4.78, 5) is 22.1. The van der Waals surface area contributed by atoms with Gasteiger partial charge in [0.25, 0.3) is 0 Å². The van der Waals surface area contributed by atoms with E-state index >= 15 is 0 Å². The van der Waals surface area contributed by atoms with Gasteiger partial charge in [0.05, 0.1) is 17.9 Å². The summed E-state index contributed by atoms with van der Waals surface area (Å²) in [5, 5.41) is 8.76. The van der Waals surface area contributed by atoms with E-state index in [2.05, 4.69) is 0 Å². The Bertz CT molecular complexity index is 210. The van der Waals surface area contributed by atoms with Crippen molar-refractivity contribution in [3.63, 3.8) is 0 Å². The fourth-order valence-electron chi connectivity index (χ4n) is 1.22. The molecular weight excluding hydrogens is 184 g/mol. The second-order valence-corrected chi connectivity index (χ2v) is 3.63. The van der Waals surface area contributed by atoms with E-state index in [9.17, 15) is 9.59 Å². The summed E-state index contributed by atoms with van der Waals surface area (Å²) in [5.41, 5.74) is 0. The van der Waals surface area contributed by atoms with Crippen molar-refractivity contribution >= 4 is 11.9 Å². The molecule has 0 radical (unpaired) electrons. The lowest BCUT2D eigenvalue weighted by atomic mass is 9.92. The fraction of sp³-hybridized carbons (Fsp3) is 0.800. The van der Waals surface area contributed by atoms with E-state index in [4.69, 9.17) is 9.84 Å². The molecule has 0 aromatic rings. The van der Waals surface area contributed by atoms with Gasteiger partial charge in [-0.3, -0.25) is 9.59 Å². The quantitative estimate of drug-likeness (QED) is 0.689. The third-order valence-electron chi connectivity index (χ3n) is 2.09. The first kappa shape index (κ1) is 12.9. The molecular formula is C10H18O4. The highest BCUT2D eigenvalue weighted by atomic mass is 16.5. The average Bonchev–Trinajstić information content (AvgIpc) is 2.03. The van der Waals surface area contributed by atoms with Crippen LogP contribution in [0.4, 0.5) is 0 Å². The van der Waals surface area contributed by atoms with Crippen LogP contribution in [0.5, 0.6) is 0 Å². The lowest BCUT2D eigenvalue weighted by molar-refractivity contribution is -0.160. The fourth-order valence-corrected chi connectivity index (χ4v) is 1.22.